The Hall–Kier alpha value is -0.940. The fourth-order valence-corrected chi connectivity index (χ4v) is 3.38. The normalized spacial score (nSPS) is 11.2. The van der Waals surface area contributed by atoms with Gasteiger partial charge in [0.1, 0.15) is 0 Å². The molecule has 0 saturated carbocycles. The van der Waals surface area contributed by atoms with Crippen LogP contribution in [0.3, 0.4) is 0 Å². The van der Waals surface area contributed by atoms with Crippen LogP contribution < -0.4 is 0 Å². The van der Waals surface area contributed by atoms with Gasteiger partial charge in [-0.05, 0) is 6.42 Å². The van der Waals surface area contributed by atoms with E-state index in [0.29, 0.717) is 6.42 Å². The molecule has 0 aromatic rings. The second-order valence-electron chi connectivity index (χ2n) is 8.33. The molecule has 0 aliphatic heterocycles. The summed E-state index contributed by atoms with van der Waals surface area (Å²) in [6.07, 6.45) is 20.1. The SMILES string of the molecule is CCCCCCCCCCCCCCCCCC(=O)[N+](C)(C)CC(=O)O.[OH-]. The van der Waals surface area contributed by atoms with Crippen molar-refractivity contribution >= 4 is 11.9 Å². The number of hydrogen-bond acceptors (Lipinski definition) is 3. The third-order valence-electron chi connectivity index (χ3n) is 5.20. The second kappa shape index (κ2) is 18.4. The number of likely N-dealkylation sites (N-methyl/N-ethyl adjacent to an activating group) is 1. The van der Waals surface area contributed by atoms with Crippen molar-refractivity contribution in [1.82, 2.24) is 0 Å². The van der Waals surface area contributed by atoms with Crippen LogP contribution in [0.1, 0.15) is 110 Å². The van der Waals surface area contributed by atoms with Crippen molar-refractivity contribution in [2.75, 3.05) is 20.6 Å². The zero-order chi connectivity index (χ0) is 19.7. The van der Waals surface area contributed by atoms with Crippen LogP contribution in [0.15, 0.2) is 0 Å². The van der Waals surface area contributed by atoms with Crippen LogP contribution >= 0.6 is 0 Å². The summed E-state index contributed by atoms with van der Waals surface area (Å²) in [6.45, 7) is 2.14. The van der Waals surface area contributed by atoms with Gasteiger partial charge in [0.25, 0.3) is 0 Å². The van der Waals surface area contributed by atoms with E-state index >= 15 is 0 Å². The Morgan fingerprint density at radius 3 is 1.33 bits per heavy atom. The molecule has 5 heteroatoms. The average molecular weight is 388 g/mol. The van der Waals surface area contributed by atoms with Crippen molar-refractivity contribution in [3.8, 4) is 0 Å². The van der Waals surface area contributed by atoms with Crippen LogP contribution in [0.25, 0.3) is 0 Å². The summed E-state index contributed by atoms with van der Waals surface area (Å²) in [5, 5.41) is 8.83. The lowest BCUT2D eigenvalue weighted by Crippen LogP contribution is -2.48. The van der Waals surface area contributed by atoms with E-state index in [9.17, 15) is 9.59 Å². The summed E-state index contributed by atoms with van der Waals surface area (Å²) in [6, 6.07) is 0. The van der Waals surface area contributed by atoms with Crippen LogP contribution in [0.2, 0.25) is 0 Å². The van der Waals surface area contributed by atoms with E-state index in [1.165, 1.54) is 83.5 Å². The smallest absolute Gasteiger partial charge is 0.359 e. The molecule has 162 valence electrons. The molecule has 27 heavy (non-hydrogen) atoms. The molecule has 0 aliphatic carbocycles. The number of aliphatic carboxylic acids is 1. The standard InChI is InChI=1S/C22H43NO3.H2O/c1-4-5-6-7-8-9-10-11-12-13-14-15-16-17-18-19-21(24)23(2,3)20-22(25)26;/h4-20H2,1-3H3;1H2. The molecule has 0 fully saturated rings. The Morgan fingerprint density at radius 1 is 0.667 bits per heavy atom. The summed E-state index contributed by atoms with van der Waals surface area (Å²) in [7, 11) is 3.36. The van der Waals surface area contributed by atoms with Gasteiger partial charge in [-0.1, -0.05) is 96.8 Å². The Kier molecular flexibility index (Phi) is 19.3. The highest BCUT2D eigenvalue weighted by Crippen LogP contribution is 2.14. The van der Waals surface area contributed by atoms with Gasteiger partial charge in [0, 0.05) is 0 Å². The van der Waals surface area contributed by atoms with Gasteiger partial charge in [0.15, 0.2) is 6.54 Å². The summed E-state index contributed by atoms with van der Waals surface area (Å²) in [5.41, 5.74) is 0. The molecule has 2 N–H and O–H groups in total. The first-order valence-electron chi connectivity index (χ1n) is 11.0. The molecule has 0 heterocycles. The number of amides is 1. The third kappa shape index (κ3) is 18.2. The molecular weight excluding hydrogens is 342 g/mol. The van der Waals surface area contributed by atoms with Gasteiger partial charge in [-0.15, -0.1) is 0 Å². The molecule has 0 radical (unpaired) electrons. The summed E-state index contributed by atoms with van der Waals surface area (Å²) in [5.74, 6) is -0.887. The summed E-state index contributed by atoms with van der Waals surface area (Å²) >= 11 is 0. The average Bonchev–Trinajstić information content (AvgIpc) is 2.57. The van der Waals surface area contributed by atoms with E-state index in [1.807, 2.05) is 0 Å². The number of nitrogens with zero attached hydrogens (tertiary/aromatic N) is 1. The van der Waals surface area contributed by atoms with Gasteiger partial charge in [0.2, 0.25) is 0 Å². The van der Waals surface area contributed by atoms with Crippen molar-refractivity contribution in [2.45, 2.75) is 110 Å². The lowest BCUT2D eigenvalue weighted by molar-refractivity contribution is -0.806. The van der Waals surface area contributed by atoms with E-state index in [0.717, 1.165) is 12.8 Å². The van der Waals surface area contributed by atoms with E-state index in [2.05, 4.69) is 6.92 Å². The van der Waals surface area contributed by atoms with Gasteiger partial charge < -0.3 is 10.6 Å². The Labute approximate surface area is 167 Å². The zero-order valence-electron chi connectivity index (χ0n) is 18.2. The summed E-state index contributed by atoms with van der Waals surface area (Å²) in [4.78, 5) is 22.8. The van der Waals surface area contributed by atoms with Crippen molar-refractivity contribution in [1.29, 1.82) is 0 Å². The molecular formula is C22H45NO4. The van der Waals surface area contributed by atoms with Gasteiger partial charge in [-0.3, -0.25) is 4.48 Å². The highest BCUT2D eigenvalue weighted by Gasteiger charge is 2.28. The first-order valence-corrected chi connectivity index (χ1v) is 11.0. The predicted octanol–water partition coefficient (Wildman–Crippen LogP) is 5.76. The molecule has 0 aromatic heterocycles. The van der Waals surface area contributed by atoms with E-state index in [-0.39, 0.29) is 22.4 Å². The van der Waals surface area contributed by atoms with Crippen molar-refractivity contribution in [2.24, 2.45) is 0 Å². The van der Waals surface area contributed by atoms with Crippen LogP contribution in [-0.2, 0) is 9.59 Å². The third-order valence-corrected chi connectivity index (χ3v) is 5.20. The highest BCUT2D eigenvalue weighted by molar-refractivity contribution is 5.74. The topological polar surface area (TPSA) is 84.4 Å². The molecule has 0 rings (SSSR count). The van der Waals surface area contributed by atoms with Gasteiger partial charge in [-0.25, -0.2) is 9.59 Å². The maximum absolute atomic E-state index is 12.0. The van der Waals surface area contributed by atoms with Crippen LogP contribution in [0, 0.1) is 0 Å². The zero-order valence-corrected chi connectivity index (χ0v) is 18.2. The maximum atomic E-state index is 12.0. The largest absolute Gasteiger partial charge is 0.870 e. The molecule has 1 amide bonds. The fourth-order valence-electron chi connectivity index (χ4n) is 3.38. The summed E-state index contributed by atoms with van der Waals surface area (Å²) < 4.78 is -0.0477. The van der Waals surface area contributed by atoms with E-state index < -0.39 is 5.97 Å². The first-order chi connectivity index (χ1) is 12.4. The number of carboxylic acids is 1. The lowest BCUT2D eigenvalue weighted by Gasteiger charge is -2.24. The van der Waals surface area contributed by atoms with E-state index in [4.69, 9.17) is 5.11 Å². The first kappa shape index (κ1) is 28.3. The highest BCUT2D eigenvalue weighted by atomic mass is 16.4. The van der Waals surface area contributed by atoms with Gasteiger partial charge in [0.05, 0.1) is 20.5 Å². The number of quaternary nitrogens is 1. The fraction of sp³-hybridized carbons (Fsp3) is 0.909. The minimum atomic E-state index is -0.917. The van der Waals surface area contributed by atoms with Crippen molar-refractivity contribution in [3.63, 3.8) is 0 Å². The molecule has 0 spiro atoms. The Morgan fingerprint density at radius 2 is 1.00 bits per heavy atom. The number of carbonyl (C=O) groups excluding carboxylic acids is 1. The molecule has 0 saturated heterocycles. The van der Waals surface area contributed by atoms with Gasteiger partial charge in [-0.2, -0.15) is 0 Å². The maximum Gasteiger partial charge on any atom is 0.359 e. The Balaban J connectivity index is 0. The number of rotatable bonds is 18. The molecule has 0 aromatic carbocycles. The number of carbonyl (C=O) groups is 2. The Bertz CT molecular complexity index is 369. The monoisotopic (exact) mass is 387 g/mol. The minimum Gasteiger partial charge on any atom is -0.870 e. The lowest BCUT2D eigenvalue weighted by atomic mass is 10.0. The van der Waals surface area contributed by atoms with Crippen LogP contribution in [-0.4, -0.2) is 47.6 Å². The van der Waals surface area contributed by atoms with Crippen LogP contribution in [0.4, 0.5) is 0 Å². The molecule has 0 atom stereocenters. The van der Waals surface area contributed by atoms with Gasteiger partial charge >= 0.3 is 11.9 Å². The molecule has 0 aliphatic rings. The molecule has 0 bridgehead atoms. The van der Waals surface area contributed by atoms with Crippen molar-refractivity contribution < 1.29 is 24.7 Å². The van der Waals surface area contributed by atoms with E-state index in [1.54, 1.807) is 14.1 Å². The molecule has 5 nitrogen and oxygen atoms in total. The number of hydrogen-bond donors (Lipinski definition) is 1. The quantitative estimate of drug-likeness (QED) is 0.239. The number of unbranched alkanes of at least 4 members (excludes halogenated alkanes) is 14. The second-order valence-corrected chi connectivity index (χ2v) is 8.33. The van der Waals surface area contributed by atoms with Crippen molar-refractivity contribution in [3.05, 3.63) is 0 Å². The predicted molar refractivity (Wildman–Crippen MR) is 111 cm³/mol. The molecule has 0 unspecified atom stereocenters. The minimum absolute atomic E-state index is 0. The van der Waals surface area contributed by atoms with Crippen LogP contribution in [0.5, 0.6) is 0 Å². The number of carboxylic acid groups (broad SMARTS) is 1.